The summed E-state index contributed by atoms with van der Waals surface area (Å²) in [4.78, 5) is 4.07. The van der Waals surface area contributed by atoms with Crippen molar-refractivity contribution in [2.75, 3.05) is 5.32 Å². The molecule has 0 aliphatic rings. The molecule has 0 amide bonds. The fourth-order valence-electron chi connectivity index (χ4n) is 1.23. The lowest BCUT2D eigenvalue weighted by atomic mass is 10.3. The highest BCUT2D eigenvalue weighted by molar-refractivity contribution is 14.1. The number of rotatable bonds is 2. The van der Waals surface area contributed by atoms with Gasteiger partial charge in [0, 0.05) is 14.2 Å². The van der Waals surface area contributed by atoms with E-state index in [0.717, 1.165) is 19.4 Å². The molecule has 2 aromatic rings. The summed E-state index contributed by atoms with van der Waals surface area (Å²) in [7, 11) is 0. The summed E-state index contributed by atoms with van der Waals surface area (Å²) >= 11 is 11.7. The molecule has 0 spiro atoms. The molecule has 5 heteroatoms. The molecular weight excluding hydrogens is 402 g/mol. The van der Waals surface area contributed by atoms with Crippen molar-refractivity contribution in [3.05, 3.63) is 49.7 Å². The molecule has 0 bridgehead atoms. The number of halogens is 3. The maximum atomic E-state index is 6.12. The summed E-state index contributed by atoms with van der Waals surface area (Å²) in [6.45, 7) is 0. The molecule has 1 aromatic carbocycles. The van der Waals surface area contributed by atoms with Gasteiger partial charge in [0.15, 0.2) is 0 Å². The molecule has 0 fully saturated rings. The Hall–Kier alpha value is -0.330. The third kappa shape index (κ3) is 3.09. The number of pyridine rings is 1. The molecule has 2 nitrogen and oxygen atoms in total. The van der Waals surface area contributed by atoms with Crippen LogP contribution in [0.25, 0.3) is 0 Å². The standard InChI is InChI=1S/C11H7BrClIN2/c12-7-3-9(6-15-5-7)16-11-2-1-8(14)4-10(11)13/h1-6,16H. The van der Waals surface area contributed by atoms with Crippen molar-refractivity contribution in [1.29, 1.82) is 0 Å². The van der Waals surface area contributed by atoms with E-state index >= 15 is 0 Å². The van der Waals surface area contributed by atoms with E-state index in [1.54, 1.807) is 12.4 Å². The predicted octanol–water partition coefficient (Wildman–Crippen LogP) is 4.85. The number of benzene rings is 1. The van der Waals surface area contributed by atoms with Crippen LogP contribution in [-0.2, 0) is 0 Å². The fraction of sp³-hybridized carbons (Fsp3) is 0. The Bertz CT molecular complexity index is 519. The van der Waals surface area contributed by atoms with Crippen LogP contribution in [0.1, 0.15) is 0 Å². The van der Waals surface area contributed by atoms with Gasteiger partial charge in [-0.05, 0) is 62.8 Å². The van der Waals surface area contributed by atoms with Crippen LogP contribution in [0.3, 0.4) is 0 Å². The molecule has 0 saturated carbocycles. The highest BCUT2D eigenvalue weighted by Crippen LogP contribution is 2.27. The zero-order valence-corrected chi connectivity index (χ0v) is 12.5. The Morgan fingerprint density at radius 1 is 1.25 bits per heavy atom. The van der Waals surface area contributed by atoms with E-state index in [0.29, 0.717) is 5.02 Å². The third-order valence-corrected chi connectivity index (χ3v) is 3.33. The molecule has 0 radical (unpaired) electrons. The third-order valence-electron chi connectivity index (χ3n) is 1.92. The largest absolute Gasteiger partial charge is 0.353 e. The molecule has 1 heterocycles. The summed E-state index contributed by atoms with van der Waals surface area (Å²) in [5, 5.41) is 3.91. The summed E-state index contributed by atoms with van der Waals surface area (Å²) in [5.74, 6) is 0. The minimum Gasteiger partial charge on any atom is -0.353 e. The van der Waals surface area contributed by atoms with E-state index in [4.69, 9.17) is 11.6 Å². The first-order valence-electron chi connectivity index (χ1n) is 4.48. The number of nitrogens with one attached hydrogen (secondary N) is 1. The zero-order valence-electron chi connectivity index (χ0n) is 8.05. The molecule has 0 aliphatic carbocycles. The van der Waals surface area contributed by atoms with Crippen molar-refractivity contribution in [2.45, 2.75) is 0 Å². The van der Waals surface area contributed by atoms with E-state index in [1.165, 1.54) is 0 Å². The monoisotopic (exact) mass is 408 g/mol. The lowest BCUT2D eigenvalue weighted by Crippen LogP contribution is -1.92. The summed E-state index contributed by atoms with van der Waals surface area (Å²) in [6, 6.07) is 7.81. The van der Waals surface area contributed by atoms with E-state index in [1.807, 2.05) is 24.3 Å². The SMILES string of the molecule is Clc1cc(I)ccc1Nc1cncc(Br)c1. The van der Waals surface area contributed by atoms with Gasteiger partial charge in [0.05, 0.1) is 22.6 Å². The van der Waals surface area contributed by atoms with Gasteiger partial charge < -0.3 is 5.32 Å². The summed E-state index contributed by atoms with van der Waals surface area (Å²) in [6.07, 6.45) is 3.49. The lowest BCUT2D eigenvalue weighted by molar-refractivity contribution is 1.30. The van der Waals surface area contributed by atoms with Crippen molar-refractivity contribution < 1.29 is 0 Å². The Kier molecular flexibility index (Phi) is 4.05. The highest BCUT2D eigenvalue weighted by Gasteiger charge is 2.01. The summed E-state index contributed by atoms with van der Waals surface area (Å²) < 4.78 is 2.04. The van der Waals surface area contributed by atoms with Crippen LogP contribution in [0.5, 0.6) is 0 Å². The molecule has 0 aliphatic heterocycles. The van der Waals surface area contributed by atoms with Crippen LogP contribution >= 0.6 is 50.1 Å². The molecule has 1 N–H and O–H groups in total. The number of nitrogens with zero attached hydrogens (tertiary/aromatic N) is 1. The second-order valence-corrected chi connectivity index (χ2v) is 5.71. The van der Waals surface area contributed by atoms with E-state index < -0.39 is 0 Å². The van der Waals surface area contributed by atoms with E-state index in [9.17, 15) is 0 Å². The average Bonchev–Trinajstić information content (AvgIpc) is 2.22. The molecule has 0 atom stereocenters. The molecule has 2 rings (SSSR count). The van der Waals surface area contributed by atoms with Crippen LogP contribution in [0.2, 0.25) is 5.02 Å². The van der Waals surface area contributed by atoms with Crippen molar-refractivity contribution in [3.8, 4) is 0 Å². The van der Waals surface area contributed by atoms with Gasteiger partial charge in [0.2, 0.25) is 0 Å². The topological polar surface area (TPSA) is 24.9 Å². The molecule has 82 valence electrons. The maximum absolute atomic E-state index is 6.12. The van der Waals surface area contributed by atoms with Gasteiger partial charge in [0.25, 0.3) is 0 Å². The van der Waals surface area contributed by atoms with Gasteiger partial charge in [-0.2, -0.15) is 0 Å². The van der Waals surface area contributed by atoms with Gasteiger partial charge in [-0.25, -0.2) is 0 Å². The number of anilines is 2. The van der Waals surface area contributed by atoms with Gasteiger partial charge in [-0.3, -0.25) is 4.98 Å². The highest BCUT2D eigenvalue weighted by atomic mass is 127. The lowest BCUT2D eigenvalue weighted by Gasteiger charge is -2.08. The fourth-order valence-corrected chi connectivity index (χ4v) is 2.49. The van der Waals surface area contributed by atoms with Crippen molar-refractivity contribution in [2.24, 2.45) is 0 Å². The van der Waals surface area contributed by atoms with Crippen LogP contribution < -0.4 is 5.32 Å². The first-order chi connectivity index (χ1) is 7.65. The molecule has 16 heavy (non-hydrogen) atoms. The summed E-state index contributed by atoms with van der Waals surface area (Å²) in [5.41, 5.74) is 1.78. The Balaban J connectivity index is 2.27. The molecule has 1 aromatic heterocycles. The number of hydrogen-bond donors (Lipinski definition) is 1. The van der Waals surface area contributed by atoms with Gasteiger partial charge in [-0.1, -0.05) is 11.6 Å². The number of hydrogen-bond acceptors (Lipinski definition) is 2. The van der Waals surface area contributed by atoms with E-state index in [-0.39, 0.29) is 0 Å². The van der Waals surface area contributed by atoms with E-state index in [2.05, 4.69) is 48.8 Å². The first-order valence-corrected chi connectivity index (χ1v) is 6.73. The van der Waals surface area contributed by atoms with Crippen molar-refractivity contribution >= 4 is 61.5 Å². The minimum atomic E-state index is 0.701. The smallest absolute Gasteiger partial charge is 0.0651 e. The van der Waals surface area contributed by atoms with Crippen molar-refractivity contribution in [3.63, 3.8) is 0 Å². The quantitative estimate of drug-likeness (QED) is 0.718. The Morgan fingerprint density at radius 3 is 2.75 bits per heavy atom. The molecule has 0 saturated heterocycles. The average molecular weight is 409 g/mol. The zero-order chi connectivity index (χ0) is 11.5. The molecular formula is C11H7BrClIN2. The second-order valence-electron chi connectivity index (χ2n) is 3.14. The predicted molar refractivity (Wildman–Crippen MR) is 79.4 cm³/mol. The molecule has 0 unspecified atom stereocenters. The van der Waals surface area contributed by atoms with Crippen LogP contribution in [-0.4, -0.2) is 4.98 Å². The van der Waals surface area contributed by atoms with Gasteiger partial charge in [-0.15, -0.1) is 0 Å². The first kappa shape index (κ1) is 12.1. The van der Waals surface area contributed by atoms with Crippen LogP contribution in [0, 0.1) is 3.57 Å². The van der Waals surface area contributed by atoms with Crippen LogP contribution in [0.4, 0.5) is 11.4 Å². The maximum Gasteiger partial charge on any atom is 0.0651 e. The van der Waals surface area contributed by atoms with Gasteiger partial charge >= 0.3 is 0 Å². The number of aromatic nitrogens is 1. The van der Waals surface area contributed by atoms with Crippen molar-refractivity contribution in [1.82, 2.24) is 4.98 Å². The minimum absolute atomic E-state index is 0.701. The van der Waals surface area contributed by atoms with Gasteiger partial charge in [0.1, 0.15) is 0 Å². The second kappa shape index (κ2) is 5.33. The normalized spacial score (nSPS) is 10.2. The van der Waals surface area contributed by atoms with Crippen LogP contribution in [0.15, 0.2) is 41.1 Å². The Labute approximate surface area is 121 Å². The Morgan fingerprint density at radius 2 is 2.06 bits per heavy atom.